The van der Waals surface area contributed by atoms with Gasteiger partial charge in [-0.15, -0.1) is 0 Å². The van der Waals surface area contributed by atoms with Crippen molar-refractivity contribution in [1.29, 1.82) is 0 Å². The van der Waals surface area contributed by atoms with E-state index in [4.69, 9.17) is 0 Å². The molecule has 2 atom stereocenters. The summed E-state index contributed by atoms with van der Waals surface area (Å²) >= 11 is 0. The number of benzene rings is 1. The molecule has 3 nitrogen and oxygen atoms in total. The summed E-state index contributed by atoms with van der Waals surface area (Å²) in [5.74, 6) is -0.0920. The fourth-order valence-electron chi connectivity index (χ4n) is 1.87. The van der Waals surface area contributed by atoms with E-state index in [9.17, 15) is 14.1 Å². The maximum absolute atomic E-state index is 12.3. The van der Waals surface area contributed by atoms with Gasteiger partial charge in [0, 0.05) is 4.90 Å². The van der Waals surface area contributed by atoms with Gasteiger partial charge in [0.15, 0.2) is 5.78 Å². The normalized spacial score (nSPS) is 24.2. The predicted octanol–water partition coefficient (Wildman–Crippen LogP) is 1.92. The quantitative estimate of drug-likeness (QED) is 0.917. The van der Waals surface area contributed by atoms with E-state index >= 15 is 0 Å². The molecule has 2 rings (SSSR count). The topological polar surface area (TPSA) is 54.4 Å². The summed E-state index contributed by atoms with van der Waals surface area (Å²) in [7, 11) is -1.31. The van der Waals surface area contributed by atoms with Crippen LogP contribution in [0, 0.1) is 6.92 Å². The standard InChI is InChI=1S/C15H16O3S/c1-11-3-5-14(6-4-11)19(18)10-15(17)8-7-13(16)9-12(15)2/h3-9,17H,10H2,1-2H3/t15-,19+/m0/s1. The Hall–Kier alpha value is -1.52. The smallest absolute Gasteiger partial charge is 0.178 e. The second-order valence-electron chi connectivity index (χ2n) is 4.79. The summed E-state index contributed by atoms with van der Waals surface area (Å²) in [6, 6.07) is 7.37. The molecule has 0 amide bonds. The highest BCUT2D eigenvalue weighted by molar-refractivity contribution is 7.85. The Labute approximate surface area is 115 Å². The highest BCUT2D eigenvalue weighted by Crippen LogP contribution is 2.25. The van der Waals surface area contributed by atoms with Gasteiger partial charge in [-0.3, -0.25) is 9.00 Å². The van der Waals surface area contributed by atoms with Gasteiger partial charge in [-0.05, 0) is 49.8 Å². The second-order valence-corrected chi connectivity index (χ2v) is 6.24. The zero-order chi connectivity index (χ0) is 14.0. The summed E-state index contributed by atoms with van der Waals surface area (Å²) in [6.07, 6.45) is 4.13. The van der Waals surface area contributed by atoms with Crippen LogP contribution in [0.1, 0.15) is 12.5 Å². The maximum Gasteiger partial charge on any atom is 0.178 e. The summed E-state index contributed by atoms with van der Waals surface area (Å²) in [5, 5.41) is 10.4. The first-order chi connectivity index (χ1) is 8.90. The SMILES string of the molecule is CC1=CC(=O)C=C[C@]1(O)C[S@@](=O)c1ccc(C)cc1. The lowest BCUT2D eigenvalue weighted by atomic mass is 9.91. The van der Waals surface area contributed by atoms with Crippen molar-refractivity contribution in [2.24, 2.45) is 0 Å². The number of hydrogen-bond donors (Lipinski definition) is 1. The van der Waals surface area contributed by atoms with Crippen molar-refractivity contribution in [3.8, 4) is 0 Å². The Kier molecular flexibility index (Phi) is 3.83. The van der Waals surface area contributed by atoms with E-state index in [2.05, 4.69) is 0 Å². The lowest BCUT2D eigenvalue weighted by molar-refractivity contribution is -0.110. The number of rotatable bonds is 3. The van der Waals surface area contributed by atoms with E-state index in [0.29, 0.717) is 10.5 Å². The molecule has 0 radical (unpaired) electrons. The number of allylic oxidation sites excluding steroid dienone is 2. The Morgan fingerprint density at radius 3 is 2.42 bits per heavy atom. The summed E-state index contributed by atoms with van der Waals surface area (Å²) in [5.41, 5.74) is 0.322. The molecule has 0 heterocycles. The van der Waals surface area contributed by atoms with Gasteiger partial charge in [-0.25, -0.2) is 0 Å². The van der Waals surface area contributed by atoms with Crippen LogP contribution < -0.4 is 0 Å². The lowest BCUT2D eigenvalue weighted by Gasteiger charge is -2.27. The number of aliphatic hydroxyl groups is 1. The summed E-state index contributed by atoms with van der Waals surface area (Å²) in [6.45, 7) is 3.64. The van der Waals surface area contributed by atoms with E-state index in [1.807, 2.05) is 19.1 Å². The van der Waals surface area contributed by atoms with E-state index in [1.165, 1.54) is 18.2 Å². The molecule has 4 heteroatoms. The monoisotopic (exact) mass is 276 g/mol. The first kappa shape index (κ1) is 13.9. The van der Waals surface area contributed by atoms with E-state index < -0.39 is 16.4 Å². The third kappa shape index (κ3) is 3.08. The molecule has 1 N–H and O–H groups in total. The van der Waals surface area contributed by atoms with Crippen LogP contribution in [0.25, 0.3) is 0 Å². The van der Waals surface area contributed by atoms with Crippen LogP contribution in [0.3, 0.4) is 0 Å². The molecule has 100 valence electrons. The van der Waals surface area contributed by atoms with E-state index in [0.717, 1.165) is 5.56 Å². The molecule has 0 saturated heterocycles. The minimum Gasteiger partial charge on any atom is -0.380 e. The minimum atomic E-state index is -1.31. The second kappa shape index (κ2) is 5.23. The van der Waals surface area contributed by atoms with Gasteiger partial charge in [0.1, 0.15) is 5.60 Å². The van der Waals surface area contributed by atoms with Crippen molar-refractivity contribution in [2.75, 3.05) is 5.75 Å². The third-order valence-electron chi connectivity index (χ3n) is 3.20. The van der Waals surface area contributed by atoms with E-state index in [-0.39, 0.29) is 11.5 Å². The Bertz CT molecular complexity index is 584. The van der Waals surface area contributed by atoms with Crippen LogP contribution in [0.2, 0.25) is 0 Å². The highest BCUT2D eigenvalue weighted by atomic mass is 32.2. The summed E-state index contributed by atoms with van der Waals surface area (Å²) in [4.78, 5) is 11.9. The number of carbonyl (C=O) groups excluding carboxylic acids is 1. The molecule has 0 bridgehead atoms. The highest BCUT2D eigenvalue weighted by Gasteiger charge is 2.31. The van der Waals surface area contributed by atoms with Gasteiger partial charge < -0.3 is 5.11 Å². The van der Waals surface area contributed by atoms with Crippen LogP contribution in [-0.2, 0) is 15.6 Å². The molecule has 0 fully saturated rings. The molecule has 0 unspecified atom stereocenters. The molecule has 1 aromatic rings. The average molecular weight is 276 g/mol. The average Bonchev–Trinajstić information content (AvgIpc) is 2.35. The Morgan fingerprint density at radius 1 is 1.21 bits per heavy atom. The van der Waals surface area contributed by atoms with Crippen molar-refractivity contribution < 1.29 is 14.1 Å². The number of carbonyl (C=O) groups is 1. The fraction of sp³-hybridized carbons (Fsp3) is 0.267. The van der Waals surface area contributed by atoms with Gasteiger partial charge >= 0.3 is 0 Å². The van der Waals surface area contributed by atoms with Crippen molar-refractivity contribution in [1.82, 2.24) is 0 Å². The molecular formula is C15H16O3S. The molecule has 1 aliphatic rings. The zero-order valence-corrected chi connectivity index (χ0v) is 11.7. The molecule has 0 saturated carbocycles. The molecule has 19 heavy (non-hydrogen) atoms. The zero-order valence-electron chi connectivity index (χ0n) is 10.9. The van der Waals surface area contributed by atoms with Gasteiger partial charge in [-0.2, -0.15) is 0 Å². The van der Waals surface area contributed by atoms with E-state index in [1.54, 1.807) is 19.1 Å². The predicted molar refractivity (Wildman–Crippen MR) is 75.3 cm³/mol. The number of hydrogen-bond acceptors (Lipinski definition) is 3. The molecule has 0 spiro atoms. The first-order valence-corrected chi connectivity index (χ1v) is 7.32. The van der Waals surface area contributed by atoms with Crippen LogP contribution >= 0.6 is 0 Å². The Balaban J connectivity index is 2.19. The van der Waals surface area contributed by atoms with Crippen LogP contribution in [0.15, 0.2) is 53.0 Å². The minimum absolute atomic E-state index is 0.0577. The van der Waals surface area contributed by atoms with Crippen molar-refractivity contribution in [3.63, 3.8) is 0 Å². The van der Waals surface area contributed by atoms with Gasteiger partial charge in [0.05, 0.1) is 16.6 Å². The Morgan fingerprint density at radius 2 is 1.84 bits per heavy atom. The van der Waals surface area contributed by atoms with Gasteiger partial charge in [-0.1, -0.05) is 17.7 Å². The van der Waals surface area contributed by atoms with Crippen molar-refractivity contribution in [3.05, 3.63) is 53.6 Å². The molecule has 0 aromatic heterocycles. The van der Waals surface area contributed by atoms with Crippen LogP contribution in [0.5, 0.6) is 0 Å². The molecule has 1 aromatic carbocycles. The number of aryl methyl sites for hydroxylation is 1. The lowest BCUT2D eigenvalue weighted by Crippen LogP contribution is -2.36. The van der Waals surface area contributed by atoms with Crippen molar-refractivity contribution in [2.45, 2.75) is 24.3 Å². The van der Waals surface area contributed by atoms with Crippen LogP contribution in [-0.4, -0.2) is 26.5 Å². The largest absolute Gasteiger partial charge is 0.380 e. The fourth-order valence-corrected chi connectivity index (χ4v) is 3.20. The molecule has 0 aliphatic heterocycles. The van der Waals surface area contributed by atoms with Gasteiger partial charge in [0.2, 0.25) is 0 Å². The molecule has 1 aliphatic carbocycles. The maximum atomic E-state index is 12.3. The summed E-state index contributed by atoms with van der Waals surface area (Å²) < 4.78 is 12.3. The first-order valence-electron chi connectivity index (χ1n) is 6.00. The number of ketones is 1. The molecular weight excluding hydrogens is 260 g/mol. The van der Waals surface area contributed by atoms with Gasteiger partial charge in [0.25, 0.3) is 0 Å². The van der Waals surface area contributed by atoms with Crippen molar-refractivity contribution >= 4 is 16.6 Å². The third-order valence-corrected chi connectivity index (χ3v) is 4.70. The van der Waals surface area contributed by atoms with Crippen LogP contribution in [0.4, 0.5) is 0 Å².